The standard InChI is InChI=1S/C41H51N5O9S/c1-7-9-19-54-39(50)43-35(40(3,4)5)37(48)46-24-28(21-33(46)36(47)44-41(23-26(41)8-2)38(49)45-56(51,52)29-16-17-29)55-34-22-31(25-13-11-10-12-14-25)42-32-20-27(53-6)15-18-30(32)34/h8,10-15,18,20,22,26,28-29,33,35H,2,7,9,16-17,19,21,23-24H2,1,3-6H3,(H,43,50)(H,44,47)(H,45,49)/t26-,28-,33+,35-,41-/m1/s1. The molecule has 2 aliphatic carbocycles. The zero-order valence-corrected chi connectivity index (χ0v) is 33.3. The fourth-order valence-corrected chi connectivity index (χ4v) is 8.38. The summed E-state index contributed by atoms with van der Waals surface area (Å²) in [5, 5.41) is 5.57. The maximum absolute atomic E-state index is 14.6. The Labute approximate surface area is 327 Å². The van der Waals surface area contributed by atoms with E-state index < -0.39 is 74.1 Å². The van der Waals surface area contributed by atoms with Crippen LogP contribution in [0.25, 0.3) is 22.2 Å². The molecule has 3 aliphatic rings. The monoisotopic (exact) mass is 789 g/mol. The van der Waals surface area contributed by atoms with E-state index >= 15 is 0 Å². The largest absolute Gasteiger partial charge is 0.497 e. The van der Waals surface area contributed by atoms with Gasteiger partial charge in [0, 0.05) is 35.4 Å². The number of hydrogen-bond donors (Lipinski definition) is 3. The van der Waals surface area contributed by atoms with Gasteiger partial charge in [0.2, 0.25) is 21.8 Å². The molecule has 1 saturated heterocycles. The third kappa shape index (κ3) is 8.77. The van der Waals surface area contributed by atoms with E-state index in [0.29, 0.717) is 47.4 Å². The Bertz CT molecular complexity index is 2100. The molecule has 3 N–H and O–H groups in total. The van der Waals surface area contributed by atoms with Gasteiger partial charge in [-0.1, -0.05) is 70.5 Å². The zero-order chi connectivity index (χ0) is 40.4. The summed E-state index contributed by atoms with van der Waals surface area (Å²) in [5.74, 6) is -1.52. The van der Waals surface area contributed by atoms with Gasteiger partial charge in [0.05, 0.1) is 36.7 Å². The van der Waals surface area contributed by atoms with Crippen molar-refractivity contribution in [2.45, 2.75) is 95.2 Å². The molecule has 5 atom stereocenters. The number of methoxy groups -OCH3 is 1. The van der Waals surface area contributed by atoms with Crippen molar-refractivity contribution in [1.82, 2.24) is 25.2 Å². The summed E-state index contributed by atoms with van der Waals surface area (Å²) in [6.45, 7) is 11.3. The third-order valence-corrected chi connectivity index (χ3v) is 12.4. The summed E-state index contributed by atoms with van der Waals surface area (Å²) in [7, 11) is -2.34. The highest BCUT2D eigenvalue weighted by Gasteiger charge is 2.62. The van der Waals surface area contributed by atoms with Gasteiger partial charge in [-0.25, -0.2) is 18.2 Å². The zero-order valence-electron chi connectivity index (χ0n) is 32.5. The number of hydrogen-bond acceptors (Lipinski definition) is 10. The molecule has 14 nitrogen and oxygen atoms in total. The van der Waals surface area contributed by atoms with Crippen molar-refractivity contribution in [3.05, 3.63) is 67.3 Å². The fourth-order valence-electron chi connectivity index (χ4n) is 7.01. The van der Waals surface area contributed by atoms with Gasteiger partial charge < -0.3 is 29.7 Å². The van der Waals surface area contributed by atoms with Crippen LogP contribution in [0.1, 0.15) is 66.2 Å². The molecule has 0 spiro atoms. The second kappa shape index (κ2) is 16.1. The number of benzene rings is 2. The first-order valence-electron chi connectivity index (χ1n) is 19.1. The molecule has 56 heavy (non-hydrogen) atoms. The number of nitrogens with one attached hydrogen (secondary N) is 3. The number of amides is 4. The minimum Gasteiger partial charge on any atom is -0.497 e. The number of likely N-dealkylation sites (tertiary alicyclic amines) is 1. The summed E-state index contributed by atoms with van der Waals surface area (Å²) in [6.07, 6.45) is 2.55. The molecule has 2 heterocycles. The van der Waals surface area contributed by atoms with Crippen LogP contribution in [0.4, 0.5) is 4.79 Å². The Morgan fingerprint density at radius 3 is 2.45 bits per heavy atom. The molecule has 1 aliphatic heterocycles. The van der Waals surface area contributed by atoms with Crippen molar-refractivity contribution in [1.29, 1.82) is 0 Å². The lowest BCUT2D eigenvalue weighted by Gasteiger charge is -2.35. The Kier molecular flexibility index (Phi) is 11.7. The summed E-state index contributed by atoms with van der Waals surface area (Å²) >= 11 is 0. The molecule has 0 radical (unpaired) electrons. The summed E-state index contributed by atoms with van der Waals surface area (Å²) in [5.41, 5.74) is -0.282. The van der Waals surface area contributed by atoms with Gasteiger partial charge in [0.1, 0.15) is 35.2 Å². The van der Waals surface area contributed by atoms with Gasteiger partial charge in [0.25, 0.3) is 5.91 Å². The molecular weight excluding hydrogens is 739 g/mol. The smallest absolute Gasteiger partial charge is 0.407 e. The average molecular weight is 790 g/mol. The highest BCUT2D eigenvalue weighted by atomic mass is 32.2. The molecule has 2 aromatic carbocycles. The quantitative estimate of drug-likeness (QED) is 0.142. The van der Waals surface area contributed by atoms with Crippen molar-refractivity contribution in [2.75, 3.05) is 20.3 Å². The number of unbranched alkanes of at least 4 members (excludes halogenated alkanes) is 1. The molecule has 3 aromatic rings. The van der Waals surface area contributed by atoms with Gasteiger partial charge in [-0.2, -0.15) is 0 Å². The van der Waals surface area contributed by atoms with Gasteiger partial charge in [0.15, 0.2) is 0 Å². The number of carbonyl (C=O) groups is 4. The lowest BCUT2D eigenvalue weighted by Crippen LogP contribution is -2.60. The van der Waals surface area contributed by atoms with Crippen LogP contribution in [0, 0.1) is 11.3 Å². The lowest BCUT2D eigenvalue weighted by molar-refractivity contribution is -0.142. The molecule has 0 unspecified atom stereocenters. The van der Waals surface area contributed by atoms with Gasteiger partial charge in [-0.05, 0) is 43.2 Å². The SMILES string of the molecule is C=C[C@@H]1C[C@]1(NC(=O)[C@@H]1C[C@@H](Oc2cc(-c3ccccc3)nc3cc(OC)ccc23)CN1C(=O)[C@@H](NC(=O)OCCCC)C(C)(C)C)C(=O)NS(=O)(=O)C1CC1. The predicted octanol–water partition coefficient (Wildman–Crippen LogP) is 4.87. The Morgan fingerprint density at radius 2 is 1.82 bits per heavy atom. The van der Waals surface area contributed by atoms with Crippen LogP contribution in [0.15, 0.2) is 67.3 Å². The van der Waals surface area contributed by atoms with E-state index in [1.54, 1.807) is 40.0 Å². The minimum absolute atomic E-state index is 0.0207. The summed E-state index contributed by atoms with van der Waals surface area (Å²) < 4.78 is 45.2. The van der Waals surface area contributed by atoms with Crippen LogP contribution in [0.5, 0.6) is 11.5 Å². The number of rotatable bonds is 15. The third-order valence-electron chi connectivity index (χ3n) is 10.5. The minimum atomic E-state index is -3.91. The first-order chi connectivity index (χ1) is 26.6. The number of aromatic nitrogens is 1. The van der Waals surface area contributed by atoms with E-state index in [2.05, 4.69) is 21.9 Å². The van der Waals surface area contributed by atoms with Gasteiger partial charge >= 0.3 is 6.09 Å². The average Bonchev–Trinajstić information content (AvgIpc) is 4.10. The second-order valence-corrected chi connectivity index (χ2v) is 17.8. The molecule has 3 fully saturated rings. The van der Waals surface area contributed by atoms with E-state index in [1.807, 2.05) is 49.4 Å². The summed E-state index contributed by atoms with van der Waals surface area (Å²) in [6, 6.07) is 14.5. The van der Waals surface area contributed by atoms with E-state index in [-0.39, 0.29) is 26.0 Å². The lowest BCUT2D eigenvalue weighted by atomic mass is 9.85. The van der Waals surface area contributed by atoms with E-state index in [1.165, 1.54) is 11.0 Å². The first kappa shape index (κ1) is 40.5. The normalized spacial score (nSPS) is 22.4. The maximum atomic E-state index is 14.6. The molecule has 0 bridgehead atoms. The molecule has 4 amide bonds. The van der Waals surface area contributed by atoms with E-state index in [0.717, 1.165) is 12.0 Å². The number of fused-ring (bicyclic) bond motifs is 1. The second-order valence-electron chi connectivity index (χ2n) is 15.9. The Balaban J connectivity index is 1.33. The van der Waals surface area contributed by atoms with Gasteiger partial charge in [-0.15, -0.1) is 6.58 Å². The molecule has 1 aromatic heterocycles. The van der Waals surface area contributed by atoms with Crippen molar-refractivity contribution in [3.63, 3.8) is 0 Å². The molecule has 2 saturated carbocycles. The highest BCUT2D eigenvalue weighted by Crippen LogP contribution is 2.46. The van der Waals surface area contributed by atoms with Crippen LogP contribution >= 0.6 is 0 Å². The van der Waals surface area contributed by atoms with Gasteiger partial charge in [-0.3, -0.25) is 19.1 Å². The van der Waals surface area contributed by atoms with Crippen molar-refractivity contribution in [2.24, 2.45) is 11.3 Å². The van der Waals surface area contributed by atoms with Crippen LogP contribution in [-0.4, -0.2) is 91.4 Å². The molecular formula is C41H51N5O9S. The Morgan fingerprint density at radius 1 is 1.09 bits per heavy atom. The summed E-state index contributed by atoms with van der Waals surface area (Å²) in [4.78, 5) is 61.8. The van der Waals surface area contributed by atoms with Crippen molar-refractivity contribution in [3.8, 4) is 22.8 Å². The molecule has 300 valence electrons. The number of nitrogens with zero attached hydrogens (tertiary/aromatic N) is 2. The molecule has 15 heteroatoms. The molecule has 6 rings (SSSR count). The van der Waals surface area contributed by atoms with E-state index in [4.69, 9.17) is 19.2 Å². The first-order valence-corrected chi connectivity index (χ1v) is 20.6. The van der Waals surface area contributed by atoms with Crippen LogP contribution in [0.3, 0.4) is 0 Å². The van der Waals surface area contributed by atoms with Crippen molar-refractivity contribution < 1.29 is 41.8 Å². The number of pyridine rings is 1. The fraction of sp³-hybridized carbons (Fsp3) is 0.488. The highest BCUT2D eigenvalue weighted by molar-refractivity contribution is 7.91. The predicted molar refractivity (Wildman–Crippen MR) is 210 cm³/mol. The topological polar surface area (TPSA) is 182 Å². The number of ether oxygens (including phenoxy) is 3. The van der Waals surface area contributed by atoms with Crippen LogP contribution in [0.2, 0.25) is 0 Å². The van der Waals surface area contributed by atoms with E-state index in [9.17, 15) is 27.6 Å². The van der Waals surface area contributed by atoms with Crippen molar-refractivity contribution >= 4 is 44.7 Å². The maximum Gasteiger partial charge on any atom is 0.407 e. The van der Waals surface area contributed by atoms with Crippen LogP contribution in [-0.2, 0) is 29.1 Å². The number of sulfonamides is 1. The Hall–Kier alpha value is -5.18. The number of carbonyl (C=O) groups excluding carboxylic acids is 4. The van der Waals surface area contributed by atoms with Crippen LogP contribution < -0.4 is 24.8 Å². The number of alkyl carbamates (subject to hydrolysis) is 1.